The molecule has 1 aromatic heterocycles. The largest absolute Gasteiger partial charge is 0.476 e. The first-order valence-corrected chi connectivity index (χ1v) is 4.58. The summed E-state index contributed by atoms with van der Waals surface area (Å²) in [5.74, 6) is -0.598. The second-order valence-electron chi connectivity index (χ2n) is 3.17. The molecule has 0 amide bonds. The molecule has 0 saturated heterocycles. The molecule has 1 rings (SSSR count). The van der Waals surface area contributed by atoms with Gasteiger partial charge < -0.3 is 15.5 Å². The van der Waals surface area contributed by atoms with Crippen LogP contribution in [-0.2, 0) is 0 Å². The standard InChI is InChI=1S/C9H13N3O3/c1-6(13)4-5-10-8-3-2-7(9(14)15)11-12-8/h2-3,6,13H,4-5H2,1H3,(H,10,12)(H,14,15). The number of carboxylic acid groups (broad SMARTS) is 1. The third-order valence-corrected chi connectivity index (χ3v) is 1.75. The average molecular weight is 211 g/mol. The molecule has 1 aromatic rings. The number of aromatic carboxylic acids is 1. The zero-order valence-corrected chi connectivity index (χ0v) is 8.34. The predicted molar refractivity (Wildman–Crippen MR) is 53.8 cm³/mol. The van der Waals surface area contributed by atoms with Crippen molar-refractivity contribution >= 4 is 11.8 Å². The van der Waals surface area contributed by atoms with Gasteiger partial charge in [-0.3, -0.25) is 0 Å². The summed E-state index contributed by atoms with van der Waals surface area (Å²) in [6.07, 6.45) is 0.228. The Morgan fingerprint density at radius 3 is 2.73 bits per heavy atom. The molecular formula is C9H13N3O3. The van der Waals surface area contributed by atoms with Crippen LogP contribution in [0, 0.1) is 0 Å². The van der Waals surface area contributed by atoms with Crippen LogP contribution in [0.1, 0.15) is 23.8 Å². The van der Waals surface area contributed by atoms with Crippen LogP contribution in [-0.4, -0.2) is 39.0 Å². The van der Waals surface area contributed by atoms with Gasteiger partial charge in [-0.05, 0) is 25.5 Å². The minimum absolute atomic E-state index is 0.0870. The quantitative estimate of drug-likeness (QED) is 0.650. The van der Waals surface area contributed by atoms with Crippen molar-refractivity contribution < 1.29 is 15.0 Å². The number of rotatable bonds is 5. The third-order valence-electron chi connectivity index (χ3n) is 1.75. The van der Waals surface area contributed by atoms with Crippen LogP contribution in [0.2, 0.25) is 0 Å². The zero-order valence-electron chi connectivity index (χ0n) is 8.34. The number of hydrogen-bond donors (Lipinski definition) is 3. The Kier molecular flexibility index (Phi) is 3.99. The molecule has 1 unspecified atom stereocenters. The maximum absolute atomic E-state index is 10.5. The molecular weight excluding hydrogens is 198 g/mol. The van der Waals surface area contributed by atoms with Crippen molar-refractivity contribution in [1.82, 2.24) is 10.2 Å². The molecule has 0 saturated carbocycles. The van der Waals surface area contributed by atoms with E-state index in [9.17, 15) is 4.79 Å². The van der Waals surface area contributed by atoms with Gasteiger partial charge in [0.25, 0.3) is 0 Å². The van der Waals surface area contributed by atoms with Crippen molar-refractivity contribution in [2.45, 2.75) is 19.4 Å². The highest BCUT2D eigenvalue weighted by atomic mass is 16.4. The van der Waals surface area contributed by atoms with E-state index in [2.05, 4.69) is 15.5 Å². The average Bonchev–Trinajstić information content (AvgIpc) is 2.18. The van der Waals surface area contributed by atoms with Crippen LogP contribution < -0.4 is 5.32 Å². The number of aromatic nitrogens is 2. The van der Waals surface area contributed by atoms with Crippen LogP contribution in [0.4, 0.5) is 5.82 Å². The van der Waals surface area contributed by atoms with E-state index in [4.69, 9.17) is 10.2 Å². The van der Waals surface area contributed by atoms with Gasteiger partial charge in [0.1, 0.15) is 5.82 Å². The van der Waals surface area contributed by atoms with Gasteiger partial charge in [0.15, 0.2) is 5.69 Å². The zero-order chi connectivity index (χ0) is 11.3. The lowest BCUT2D eigenvalue weighted by Crippen LogP contribution is -2.11. The van der Waals surface area contributed by atoms with Crippen molar-refractivity contribution in [3.05, 3.63) is 17.8 Å². The molecule has 15 heavy (non-hydrogen) atoms. The van der Waals surface area contributed by atoms with Gasteiger partial charge in [0, 0.05) is 6.54 Å². The van der Waals surface area contributed by atoms with Gasteiger partial charge in [-0.1, -0.05) is 0 Å². The van der Waals surface area contributed by atoms with Gasteiger partial charge in [-0.25, -0.2) is 4.79 Å². The fourth-order valence-corrected chi connectivity index (χ4v) is 0.950. The van der Waals surface area contributed by atoms with Crippen molar-refractivity contribution in [2.24, 2.45) is 0 Å². The fourth-order valence-electron chi connectivity index (χ4n) is 0.950. The maximum Gasteiger partial charge on any atom is 0.356 e. The summed E-state index contributed by atoms with van der Waals surface area (Å²) in [7, 11) is 0. The van der Waals surface area contributed by atoms with Gasteiger partial charge in [-0.15, -0.1) is 10.2 Å². The van der Waals surface area contributed by atoms with Crippen LogP contribution in [0.25, 0.3) is 0 Å². The number of aliphatic hydroxyl groups is 1. The SMILES string of the molecule is CC(O)CCNc1ccc(C(=O)O)nn1. The van der Waals surface area contributed by atoms with E-state index < -0.39 is 5.97 Å². The number of nitrogens with zero attached hydrogens (tertiary/aromatic N) is 2. The first-order chi connectivity index (χ1) is 7.09. The van der Waals surface area contributed by atoms with Crippen LogP contribution >= 0.6 is 0 Å². The van der Waals surface area contributed by atoms with Crippen molar-refractivity contribution in [1.29, 1.82) is 0 Å². The van der Waals surface area contributed by atoms with Gasteiger partial charge in [0.05, 0.1) is 6.10 Å². The summed E-state index contributed by atoms with van der Waals surface area (Å²) in [5.41, 5.74) is -0.0870. The van der Waals surface area contributed by atoms with Gasteiger partial charge >= 0.3 is 5.97 Å². The van der Waals surface area contributed by atoms with Crippen molar-refractivity contribution in [3.8, 4) is 0 Å². The van der Waals surface area contributed by atoms with Crippen LogP contribution in [0.15, 0.2) is 12.1 Å². The molecule has 6 nitrogen and oxygen atoms in total. The summed E-state index contributed by atoms with van der Waals surface area (Å²) in [5, 5.41) is 27.7. The third kappa shape index (κ3) is 3.90. The maximum atomic E-state index is 10.5. The van der Waals surface area contributed by atoms with E-state index >= 15 is 0 Å². The Bertz CT molecular complexity index is 324. The number of nitrogens with one attached hydrogen (secondary N) is 1. The molecule has 82 valence electrons. The molecule has 0 radical (unpaired) electrons. The second kappa shape index (κ2) is 5.26. The monoisotopic (exact) mass is 211 g/mol. The molecule has 0 fully saturated rings. The first-order valence-electron chi connectivity index (χ1n) is 4.58. The van der Waals surface area contributed by atoms with Crippen molar-refractivity contribution in [3.63, 3.8) is 0 Å². The molecule has 0 bridgehead atoms. The number of aliphatic hydroxyl groups excluding tert-OH is 1. The first kappa shape index (κ1) is 11.4. The van der Waals surface area contributed by atoms with Crippen molar-refractivity contribution in [2.75, 3.05) is 11.9 Å². The summed E-state index contributed by atoms with van der Waals surface area (Å²) in [4.78, 5) is 10.5. The van der Waals surface area contributed by atoms with E-state index in [1.807, 2.05) is 0 Å². The minimum Gasteiger partial charge on any atom is -0.476 e. The molecule has 0 aliphatic rings. The Morgan fingerprint density at radius 1 is 1.53 bits per heavy atom. The number of anilines is 1. The lowest BCUT2D eigenvalue weighted by atomic mass is 10.3. The van der Waals surface area contributed by atoms with Crippen LogP contribution in [0.3, 0.4) is 0 Å². The Morgan fingerprint density at radius 2 is 2.27 bits per heavy atom. The summed E-state index contributed by atoms with van der Waals surface area (Å²) >= 11 is 0. The van der Waals surface area contributed by atoms with Crippen LogP contribution in [0.5, 0.6) is 0 Å². The highest BCUT2D eigenvalue weighted by Gasteiger charge is 2.04. The summed E-state index contributed by atoms with van der Waals surface area (Å²) in [6.45, 7) is 2.26. The molecule has 6 heteroatoms. The fraction of sp³-hybridized carbons (Fsp3) is 0.444. The molecule has 0 aliphatic carbocycles. The van der Waals surface area contributed by atoms with Gasteiger partial charge in [-0.2, -0.15) is 0 Å². The Hall–Kier alpha value is -1.69. The Balaban J connectivity index is 2.46. The summed E-state index contributed by atoms with van der Waals surface area (Å²) < 4.78 is 0. The normalized spacial score (nSPS) is 12.1. The smallest absolute Gasteiger partial charge is 0.356 e. The number of hydrogen-bond acceptors (Lipinski definition) is 5. The minimum atomic E-state index is -1.10. The molecule has 1 atom stereocenters. The summed E-state index contributed by atoms with van der Waals surface area (Å²) in [6, 6.07) is 2.92. The second-order valence-corrected chi connectivity index (χ2v) is 3.17. The number of carboxylic acids is 1. The van der Waals surface area contributed by atoms with Gasteiger partial charge in [0.2, 0.25) is 0 Å². The lowest BCUT2D eigenvalue weighted by molar-refractivity contribution is 0.0689. The highest BCUT2D eigenvalue weighted by Crippen LogP contribution is 2.02. The molecule has 0 aromatic carbocycles. The predicted octanol–water partition coefficient (Wildman–Crippen LogP) is 0.358. The highest BCUT2D eigenvalue weighted by molar-refractivity contribution is 5.85. The molecule has 3 N–H and O–H groups in total. The molecule has 0 spiro atoms. The van der Waals surface area contributed by atoms with E-state index in [-0.39, 0.29) is 11.8 Å². The topological polar surface area (TPSA) is 95.3 Å². The van der Waals surface area contributed by atoms with E-state index in [1.165, 1.54) is 6.07 Å². The lowest BCUT2D eigenvalue weighted by Gasteiger charge is -2.06. The number of carbonyl (C=O) groups is 1. The molecule has 1 heterocycles. The molecule has 0 aliphatic heterocycles. The van der Waals surface area contributed by atoms with E-state index in [0.717, 1.165) is 0 Å². The Labute approximate surface area is 87.0 Å². The van der Waals surface area contributed by atoms with E-state index in [1.54, 1.807) is 13.0 Å². The van der Waals surface area contributed by atoms with E-state index in [0.29, 0.717) is 18.8 Å².